The molecule has 2 amide bonds. The molecular formula is C10H13FN2O2. The highest BCUT2D eigenvalue weighted by molar-refractivity contribution is 5.73. The summed E-state index contributed by atoms with van der Waals surface area (Å²) in [5, 5.41) is 4.96. The van der Waals surface area contributed by atoms with Crippen molar-refractivity contribution < 1.29 is 13.9 Å². The number of urea groups is 1. The lowest BCUT2D eigenvalue weighted by Gasteiger charge is -2.09. The Balaban J connectivity index is 2.74. The van der Waals surface area contributed by atoms with Gasteiger partial charge in [0.25, 0.3) is 0 Å². The van der Waals surface area contributed by atoms with Crippen LogP contribution in [-0.4, -0.2) is 20.2 Å². The van der Waals surface area contributed by atoms with E-state index in [1.807, 2.05) is 0 Å². The topological polar surface area (TPSA) is 50.4 Å². The number of nitrogens with one attached hydrogen (secondary N) is 2. The molecule has 0 atom stereocenters. The van der Waals surface area contributed by atoms with Crippen molar-refractivity contribution in [2.45, 2.75) is 6.54 Å². The molecule has 0 heterocycles. The summed E-state index contributed by atoms with van der Waals surface area (Å²) in [4.78, 5) is 10.9. The van der Waals surface area contributed by atoms with Crippen LogP contribution in [0.2, 0.25) is 0 Å². The van der Waals surface area contributed by atoms with Crippen LogP contribution < -0.4 is 15.4 Å². The zero-order valence-corrected chi connectivity index (χ0v) is 8.63. The average molecular weight is 212 g/mol. The lowest BCUT2D eigenvalue weighted by molar-refractivity contribution is 0.242. The molecule has 2 N–H and O–H groups in total. The van der Waals surface area contributed by atoms with E-state index in [4.69, 9.17) is 4.74 Å². The number of ether oxygens (including phenoxy) is 1. The Morgan fingerprint density at radius 1 is 1.53 bits per heavy atom. The molecule has 0 aliphatic rings. The second-order valence-corrected chi connectivity index (χ2v) is 2.89. The molecule has 0 unspecified atom stereocenters. The zero-order valence-electron chi connectivity index (χ0n) is 8.63. The van der Waals surface area contributed by atoms with Gasteiger partial charge in [-0.05, 0) is 18.2 Å². The van der Waals surface area contributed by atoms with E-state index >= 15 is 0 Å². The fourth-order valence-corrected chi connectivity index (χ4v) is 1.15. The van der Waals surface area contributed by atoms with Gasteiger partial charge in [-0.1, -0.05) is 0 Å². The maximum atomic E-state index is 12.9. The molecule has 0 bridgehead atoms. The van der Waals surface area contributed by atoms with E-state index in [0.29, 0.717) is 11.3 Å². The van der Waals surface area contributed by atoms with Crippen LogP contribution in [0.1, 0.15) is 5.56 Å². The van der Waals surface area contributed by atoms with Gasteiger partial charge in [-0.25, -0.2) is 9.18 Å². The Labute approximate surface area is 87.4 Å². The van der Waals surface area contributed by atoms with E-state index in [0.717, 1.165) is 0 Å². The third kappa shape index (κ3) is 3.12. The molecule has 5 heteroatoms. The lowest BCUT2D eigenvalue weighted by Crippen LogP contribution is -2.32. The van der Waals surface area contributed by atoms with Crippen molar-refractivity contribution in [3.8, 4) is 5.75 Å². The average Bonchev–Trinajstić information content (AvgIpc) is 2.26. The number of halogens is 1. The summed E-state index contributed by atoms with van der Waals surface area (Å²) in [7, 11) is 3.01. The van der Waals surface area contributed by atoms with Gasteiger partial charge in [-0.3, -0.25) is 0 Å². The van der Waals surface area contributed by atoms with E-state index < -0.39 is 0 Å². The van der Waals surface area contributed by atoms with Gasteiger partial charge in [0.15, 0.2) is 0 Å². The summed E-state index contributed by atoms with van der Waals surface area (Å²) in [5.74, 6) is 0.192. The van der Waals surface area contributed by atoms with Crippen molar-refractivity contribution in [3.63, 3.8) is 0 Å². The van der Waals surface area contributed by atoms with Crippen LogP contribution in [0.15, 0.2) is 18.2 Å². The minimum atomic E-state index is -0.357. The monoisotopic (exact) mass is 212 g/mol. The predicted octanol–water partition coefficient (Wildman–Crippen LogP) is 1.26. The largest absolute Gasteiger partial charge is 0.496 e. The van der Waals surface area contributed by atoms with Crippen LogP contribution >= 0.6 is 0 Å². The number of amides is 2. The number of rotatable bonds is 3. The maximum Gasteiger partial charge on any atom is 0.314 e. The standard InChI is InChI=1S/C10H13FN2O2/c1-12-10(14)13-6-7-5-8(11)3-4-9(7)15-2/h3-5H,6H2,1-2H3,(H2,12,13,14). The fraction of sp³-hybridized carbons (Fsp3) is 0.300. The number of methoxy groups -OCH3 is 1. The SMILES string of the molecule is CNC(=O)NCc1cc(F)ccc1OC. The Morgan fingerprint density at radius 2 is 2.27 bits per heavy atom. The number of carbonyl (C=O) groups excluding carboxylic acids is 1. The number of benzene rings is 1. The van der Waals surface area contributed by atoms with Crippen LogP contribution in [0.3, 0.4) is 0 Å². The summed E-state index contributed by atoms with van der Waals surface area (Å²) in [6, 6.07) is 3.84. The summed E-state index contributed by atoms with van der Waals surface area (Å²) < 4.78 is 17.9. The van der Waals surface area contributed by atoms with Crippen LogP contribution in [-0.2, 0) is 6.54 Å². The summed E-state index contributed by atoms with van der Waals surface area (Å²) >= 11 is 0. The molecule has 82 valence electrons. The van der Waals surface area contributed by atoms with Crippen LogP contribution in [0.4, 0.5) is 9.18 Å². The molecule has 0 radical (unpaired) electrons. The van der Waals surface area contributed by atoms with Gasteiger partial charge >= 0.3 is 6.03 Å². The molecule has 0 aliphatic heterocycles. The molecule has 0 fully saturated rings. The Bertz CT molecular complexity index is 355. The van der Waals surface area contributed by atoms with Crippen molar-refractivity contribution in [1.82, 2.24) is 10.6 Å². The van der Waals surface area contributed by atoms with E-state index in [2.05, 4.69) is 10.6 Å². The first-order valence-corrected chi connectivity index (χ1v) is 4.45. The Kier molecular flexibility index (Phi) is 3.91. The smallest absolute Gasteiger partial charge is 0.314 e. The molecule has 1 aromatic rings. The lowest BCUT2D eigenvalue weighted by atomic mass is 10.2. The molecule has 0 spiro atoms. The second kappa shape index (κ2) is 5.19. The maximum absolute atomic E-state index is 12.9. The molecule has 0 saturated heterocycles. The van der Waals surface area contributed by atoms with Crippen molar-refractivity contribution in [1.29, 1.82) is 0 Å². The van der Waals surface area contributed by atoms with Gasteiger partial charge in [-0.15, -0.1) is 0 Å². The van der Waals surface area contributed by atoms with Crippen molar-refractivity contribution in [3.05, 3.63) is 29.6 Å². The molecule has 0 saturated carbocycles. The molecule has 15 heavy (non-hydrogen) atoms. The normalized spacial score (nSPS) is 9.53. The fourth-order valence-electron chi connectivity index (χ4n) is 1.15. The minimum Gasteiger partial charge on any atom is -0.496 e. The third-order valence-electron chi connectivity index (χ3n) is 1.91. The first-order valence-electron chi connectivity index (χ1n) is 4.45. The molecule has 4 nitrogen and oxygen atoms in total. The van der Waals surface area contributed by atoms with Crippen molar-refractivity contribution in [2.75, 3.05) is 14.2 Å². The molecule has 0 aromatic heterocycles. The second-order valence-electron chi connectivity index (χ2n) is 2.89. The van der Waals surface area contributed by atoms with Gasteiger partial charge < -0.3 is 15.4 Å². The highest BCUT2D eigenvalue weighted by Gasteiger charge is 2.05. The van der Waals surface area contributed by atoms with Crippen molar-refractivity contribution in [2.24, 2.45) is 0 Å². The quantitative estimate of drug-likeness (QED) is 0.792. The first kappa shape index (κ1) is 11.3. The molecular weight excluding hydrogens is 199 g/mol. The van der Waals surface area contributed by atoms with Crippen LogP contribution in [0, 0.1) is 5.82 Å². The van der Waals surface area contributed by atoms with Gasteiger partial charge in [0.2, 0.25) is 0 Å². The Hall–Kier alpha value is -1.78. The van der Waals surface area contributed by atoms with E-state index in [9.17, 15) is 9.18 Å². The van der Waals surface area contributed by atoms with Gasteiger partial charge in [0.05, 0.1) is 7.11 Å². The summed E-state index contributed by atoms with van der Waals surface area (Å²) in [6.45, 7) is 0.223. The highest BCUT2D eigenvalue weighted by Crippen LogP contribution is 2.18. The van der Waals surface area contributed by atoms with Crippen molar-refractivity contribution >= 4 is 6.03 Å². The Morgan fingerprint density at radius 3 is 2.87 bits per heavy atom. The third-order valence-corrected chi connectivity index (χ3v) is 1.91. The summed E-state index contributed by atoms with van der Waals surface area (Å²) in [5.41, 5.74) is 0.598. The van der Waals surface area contributed by atoms with E-state index in [1.54, 1.807) is 0 Å². The van der Waals surface area contributed by atoms with E-state index in [1.165, 1.54) is 32.4 Å². The zero-order chi connectivity index (χ0) is 11.3. The van der Waals surface area contributed by atoms with Gasteiger partial charge in [0.1, 0.15) is 11.6 Å². The highest BCUT2D eigenvalue weighted by atomic mass is 19.1. The van der Waals surface area contributed by atoms with Gasteiger partial charge in [-0.2, -0.15) is 0 Å². The van der Waals surface area contributed by atoms with Crippen LogP contribution in [0.25, 0.3) is 0 Å². The minimum absolute atomic E-state index is 0.223. The number of carbonyl (C=O) groups is 1. The summed E-state index contributed by atoms with van der Waals surface area (Å²) in [6.07, 6.45) is 0. The number of hydrogen-bond donors (Lipinski definition) is 2. The molecule has 0 aliphatic carbocycles. The van der Waals surface area contributed by atoms with Gasteiger partial charge in [0, 0.05) is 19.2 Å². The molecule has 1 rings (SSSR count). The molecule has 1 aromatic carbocycles. The first-order chi connectivity index (χ1) is 7.17. The van der Waals surface area contributed by atoms with Crippen LogP contribution in [0.5, 0.6) is 5.75 Å². The predicted molar refractivity (Wildman–Crippen MR) is 54.2 cm³/mol. The number of hydrogen-bond acceptors (Lipinski definition) is 2. The van der Waals surface area contributed by atoms with E-state index in [-0.39, 0.29) is 18.4 Å².